The summed E-state index contributed by atoms with van der Waals surface area (Å²) in [6.07, 6.45) is 1.39. The Kier molecular flexibility index (Phi) is 10.6. The van der Waals surface area contributed by atoms with E-state index in [1.54, 1.807) is 0 Å². The van der Waals surface area contributed by atoms with Gasteiger partial charge in [-0.25, -0.2) is 0 Å². The van der Waals surface area contributed by atoms with Gasteiger partial charge in [0.05, 0.1) is 19.6 Å². The average molecular weight is 610 g/mol. The maximum Gasteiger partial charge on any atom is 0.227 e. The lowest BCUT2D eigenvalue weighted by molar-refractivity contribution is -0.120. The van der Waals surface area contributed by atoms with Crippen molar-refractivity contribution in [2.24, 2.45) is 15.0 Å². The lowest BCUT2D eigenvalue weighted by Gasteiger charge is -2.15. The number of amides is 3. The molecule has 0 bridgehead atoms. The quantitative estimate of drug-likeness (QED) is 0.246. The maximum absolute atomic E-state index is 11.2. The average Bonchev–Trinajstić information content (AvgIpc) is 3.01. The summed E-state index contributed by atoms with van der Waals surface area (Å²) in [6.45, 7) is 7.56. The molecule has 0 fully saturated rings. The van der Waals surface area contributed by atoms with E-state index in [9.17, 15) is 14.4 Å². The molecule has 3 heterocycles. The molecule has 0 spiro atoms. The molecule has 0 unspecified atom stereocenters. The molecule has 3 amide bonds. The largest absolute Gasteiger partial charge is 0.399 e. The third kappa shape index (κ3) is 8.99. The highest BCUT2D eigenvalue weighted by Crippen LogP contribution is 2.16. The van der Waals surface area contributed by atoms with Crippen molar-refractivity contribution >= 4 is 52.3 Å². The van der Waals surface area contributed by atoms with E-state index in [1.165, 1.54) is 0 Å². The molecule has 0 radical (unpaired) electrons. The van der Waals surface area contributed by atoms with Crippen LogP contribution in [0.15, 0.2) is 69.6 Å². The maximum atomic E-state index is 11.2. The van der Waals surface area contributed by atoms with Crippen LogP contribution in [0, 0.1) is 20.8 Å². The van der Waals surface area contributed by atoms with Crippen molar-refractivity contribution in [3.63, 3.8) is 0 Å². The number of nitrogen functional groups attached to an aromatic ring is 3. The van der Waals surface area contributed by atoms with E-state index >= 15 is 0 Å². The van der Waals surface area contributed by atoms with E-state index in [0.717, 1.165) is 33.4 Å². The second-order valence-electron chi connectivity index (χ2n) is 10.8. The number of carbonyl (C=O) groups excluding carboxylic acids is 3. The molecule has 6 rings (SSSR count). The summed E-state index contributed by atoms with van der Waals surface area (Å²) < 4.78 is 0. The number of aryl methyl sites for hydroxylation is 3. The fourth-order valence-electron chi connectivity index (χ4n) is 4.65. The number of hydrogen-bond donors (Lipinski definition) is 6. The van der Waals surface area contributed by atoms with Gasteiger partial charge in [-0.05, 0) is 73.9 Å². The van der Waals surface area contributed by atoms with Crippen molar-refractivity contribution < 1.29 is 14.4 Å². The Balaban J connectivity index is 0.000000154. The predicted molar refractivity (Wildman–Crippen MR) is 179 cm³/mol. The number of nitrogens with one attached hydrogen (secondary N) is 3. The van der Waals surface area contributed by atoms with Gasteiger partial charge >= 0.3 is 0 Å². The standard InChI is InChI=1S/3C11H13N3O/c3*1-7-2-3-8(12)6-9(7)11-13-5-4-10(15)14-11/h3*2-3,6H,4-5,12H2,1H3,(H,13,14,15). The van der Waals surface area contributed by atoms with Crippen LogP contribution < -0.4 is 33.2 Å². The van der Waals surface area contributed by atoms with Crippen molar-refractivity contribution in [3.05, 3.63) is 88.0 Å². The molecule has 0 atom stereocenters. The lowest BCUT2D eigenvalue weighted by Crippen LogP contribution is -2.35. The van der Waals surface area contributed by atoms with E-state index in [4.69, 9.17) is 17.2 Å². The summed E-state index contributed by atoms with van der Waals surface area (Å²) in [5.41, 5.74) is 25.0. The molecule has 3 aromatic carbocycles. The number of anilines is 3. The molecule has 3 aliphatic heterocycles. The van der Waals surface area contributed by atoms with Gasteiger partial charge in [-0.3, -0.25) is 29.4 Å². The SMILES string of the molecule is Cc1ccc(N)cc1C1=NCCC(=O)N1.Cc1ccc(N)cc1C1=NCCC(=O)N1.Cc1ccc(N)cc1C1=NCCC(=O)N1. The molecule has 9 N–H and O–H groups in total. The van der Waals surface area contributed by atoms with Gasteiger partial charge in [0.15, 0.2) is 0 Å². The molecule has 12 nitrogen and oxygen atoms in total. The third-order valence-corrected chi connectivity index (χ3v) is 7.15. The number of nitrogens with zero attached hydrogens (tertiary/aromatic N) is 3. The molecule has 3 aromatic rings. The van der Waals surface area contributed by atoms with Crippen molar-refractivity contribution in [1.29, 1.82) is 0 Å². The zero-order valence-electron chi connectivity index (χ0n) is 25.7. The first kappa shape index (κ1) is 32.4. The number of aliphatic imine (C=N–C) groups is 3. The fourth-order valence-corrected chi connectivity index (χ4v) is 4.65. The minimum atomic E-state index is 0.0156. The summed E-state index contributed by atoms with van der Waals surface area (Å²) in [5, 5.41) is 8.27. The van der Waals surface area contributed by atoms with Crippen molar-refractivity contribution in [1.82, 2.24) is 16.0 Å². The van der Waals surface area contributed by atoms with Crippen LogP contribution >= 0.6 is 0 Å². The summed E-state index contributed by atoms with van der Waals surface area (Å²) in [7, 11) is 0. The van der Waals surface area contributed by atoms with Gasteiger partial charge in [-0.1, -0.05) is 18.2 Å². The van der Waals surface area contributed by atoms with Gasteiger partial charge in [-0.2, -0.15) is 0 Å². The zero-order chi connectivity index (χ0) is 32.5. The van der Waals surface area contributed by atoms with Crippen LogP contribution in [0.3, 0.4) is 0 Å². The molecule has 0 saturated heterocycles. The van der Waals surface area contributed by atoms with Gasteiger partial charge in [0.25, 0.3) is 0 Å². The summed E-state index contributed by atoms with van der Waals surface area (Å²) in [6, 6.07) is 16.8. The predicted octanol–water partition coefficient (Wildman–Crippen LogP) is 2.53. The van der Waals surface area contributed by atoms with Crippen LogP contribution in [-0.4, -0.2) is 54.9 Å². The molecule has 12 heteroatoms. The summed E-state index contributed by atoms with van der Waals surface area (Å²) in [5.74, 6) is 1.95. The van der Waals surface area contributed by atoms with Gasteiger partial charge < -0.3 is 33.2 Å². The minimum Gasteiger partial charge on any atom is -0.399 e. The molecule has 45 heavy (non-hydrogen) atoms. The Morgan fingerprint density at radius 1 is 0.489 bits per heavy atom. The fraction of sp³-hybridized carbons (Fsp3) is 0.273. The zero-order valence-corrected chi connectivity index (χ0v) is 25.7. The first-order valence-electron chi connectivity index (χ1n) is 14.6. The van der Waals surface area contributed by atoms with Crippen LogP contribution in [0.25, 0.3) is 0 Å². The van der Waals surface area contributed by atoms with Gasteiger partial charge in [0.1, 0.15) is 17.5 Å². The van der Waals surface area contributed by atoms with Crippen molar-refractivity contribution in [2.75, 3.05) is 36.8 Å². The Labute approximate surface area is 262 Å². The Bertz CT molecular complexity index is 1510. The highest BCUT2D eigenvalue weighted by molar-refractivity contribution is 6.11. The highest BCUT2D eigenvalue weighted by Gasteiger charge is 2.17. The summed E-state index contributed by atoms with van der Waals surface area (Å²) in [4.78, 5) is 46.5. The smallest absolute Gasteiger partial charge is 0.227 e. The second-order valence-corrected chi connectivity index (χ2v) is 10.8. The molecule has 3 aliphatic rings. The van der Waals surface area contributed by atoms with Crippen LogP contribution in [0.2, 0.25) is 0 Å². The first-order valence-corrected chi connectivity index (χ1v) is 14.6. The molecular formula is C33H39N9O3. The van der Waals surface area contributed by atoms with Crippen LogP contribution in [0.1, 0.15) is 52.6 Å². The summed E-state index contributed by atoms with van der Waals surface area (Å²) >= 11 is 0. The molecule has 0 aromatic heterocycles. The molecular weight excluding hydrogens is 570 g/mol. The van der Waals surface area contributed by atoms with Gasteiger partial charge in [-0.15, -0.1) is 0 Å². The third-order valence-electron chi connectivity index (χ3n) is 7.15. The Morgan fingerprint density at radius 3 is 1.00 bits per heavy atom. The van der Waals surface area contributed by atoms with Gasteiger partial charge in [0, 0.05) is 53.0 Å². The number of amidine groups is 3. The lowest BCUT2D eigenvalue weighted by atomic mass is 10.1. The highest BCUT2D eigenvalue weighted by atomic mass is 16.2. The molecule has 234 valence electrons. The van der Waals surface area contributed by atoms with Crippen molar-refractivity contribution in [2.45, 2.75) is 40.0 Å². The van der Waals surface area contributed by atoms with E-state index in [2.05, 4.69) is 30.9 Å². The van der Waals surface area contributed by atoms with Gasteiger partial charge in [0.2, 0.25) is 17.7 Å². The topological polar surface area (TPSA) is 202 Å². The van der Waals surface area contributed by atoms with Crippen LogP contribution in [0.4, 0.5) is 17.1 Å². The Hall–Kier alpha value is -5.52. The second kappa shape index (κ2) is 14.8. The molecule has 0 aliphatic carbocycles. The molecule has 0 saturated carbocycles. The van der Waals surface area contributed by atoms with E-state index < -0.39 is 0 Å². The monoisotopic (exact) mass is 609 g/mol. The Morgan fingerprint density at radius 2 is 0.756 bits per heavy atom. The number of carbonyl (C=O) groups is 3. The van der Waals surface area contributed by atoms with Crippen molar-refractivity contribution in [3.8, 4) is 0 Å². The van der Waals surface area contributed by atoms with E-state index in [0.29, 0.717) is 73.5 Å². The number of benzene rings is 3. The normalized spacial score (nSPS) is 15.8. The first-order chi connectivity index (χ1) is 21.5. The number of rotatable bonds is 3. The van der Waals surface area contributed by atoms with E-state index in [1.807, 2.05) is 75.4 Å². The minimum absolute atomic E-state index is 0.0156. The van der Waals surface area contributed by atoms with Crippen LogP contribution in [-0.2, 0) is 14.4 Å². The number of nitrogens with two attached hydrogens (primary N) is 3. The van der Waals surface area contributed by atoms with E-state index in [-0.39, 0.29) is 17.7 Å². The van der Waals surface area contributed by atoms with Crippen LogP contribution in [0.5, 0.6) is 0 Å². The number of hydrogen-bond acceptors (Lipinski definition) is 9.